The highest BCUT2D eigenvalue weighted by atomic mass is 35.5. The first-order chi connectivity index (χ1) is 7.36. The molecule has 0 fully saturated rings. The van der Waals surface area contributed by atoms with Crippen molar-refractivity contribution in [2.45, 2.75) is 18.6 Å². The molecule has 0 saturated heterocycles. The number of hydrogen-bond donors (Lipinski definition) is 1. The van der Waals surface area contributed by atoms with Crippen LogP contribution in [0.5, 0.6) is 0 Å². The van der Waals surface area contributed by atoms with Crippen molar-refractivity contribution >= 4 is 24.0 Å². The van der Waals surface area contributed by atoms with Crippen LogP contribution in [0.15, 0.2) is 18.2 Å². The zero-order chi connectivity index (χ0) is 12.3. The zero-order valence-corrected chi connectivity index (χ0v) is 10.2. The van der Waals surface area contributed by atoms with E-state index < -0.39 is 29.5 Å². The van der Waals surface area contributed by atoms with Gasteiger partial charge in [0, 0.05) is 6.04 Å². The van der Waals surface area contributed by atoms with Crippen LogP contribution in [0.1, 0.15) is 23.6 Å². The van der Waals surface area contributed by atoms with Crippen LogP contribution in [0.2, 0.25) is 5.02 Å². The second-order valence-corrected chi connectivity index (χ2v) is 3.73. The summed E-state index contributed by atoms with van der Waals surface area (Å²) in [4.78, 5) is 0. The lowest BCUT2D eigenvalue weighted by molar-refractivity contribution is -0.137. The van der Waals surface area contributed by atoms with E-state index in [4.69, 9.17) is 17.3 Å². The largest absolute Gasteiger partial charge is 0.417 e. The van der Waals surface area contributed by atoms with E-state index in [0.29, 0.717) is 5.56 Å². The molecule has 17 heavy (non-hydrogen) atoms. The Kier molecular flexibility index (Phi) is 6.23. The van der Waals surface area contributed by atoms with Crippen molar-refractivity contribution in [1.29, 1.82) is 0 Å². The zero-order valence-electron chi connectivity index (χ0n) is 8.60. The molecule has 0 amide bonds. The SMILES string of the molecule is Cl.N[C@@H](CCF)c1ccc(C(F)(F)F)c(Cl)c1. The van der Waals surface area contributed by atoms with E-state index in [1.807, 2.05) is 0 Å². The summed E-state index contributed by atoms with van der Waals surface area (Å²) in [6.07, 6.45) is -4.43. The van der Waals surface area contributed by atoms with Gasteiger partial charge in [0.25, 0.3) is 0 Å². The summed E-state index contributed by atoms with van der Waals surface area (Å²) in [5.74, 6) is 0. The molecule has 0 radical (unpaired) electrons. The molecule has 1 rings (SSSR count). The van der Waals surface area contributed by atoms with Crippen molar-refractivity contribution in [3.8, 4) is 0 Å². The Hall–Kier alpha value is -0.520. The van der Waals surface area contributed by atoms with E-state index in [2.05, 4.69) is 0 Å². The summed E-state index contributed by atoms with van der Waals surface area (Å²) >= 11 is 5.49. The molecule has 0 unspecified atom stereocenters. The van der Waals surface area contributed by atoms with Gasteiger partial charge in [0.05, 0.1) is 17.3 Å². The molecule has 0 aliphatic rings. The molecule has 0 bridgehead atoms. The highest BCUT2D eigenvalue weighted by Gasteiger charge is 2.33. The van der Waals surface area contributed by atoms with Gasteiger partial charge in [-0.25, -0.2) is 0 Å². The molecule has 0 heterocycles. The average Bonchev–Trinajstić information content (AvgIpc) is 2.16. The van der Waals surface area contributed by atoms with Gasteiger partial charge in [-0.3, -0.25) is 4.39 Å². The lowest BCUT2D eigenvalue weighted by Crippen LogP contribution is -2.12. The van der Waals surface area contributed by atoms with Gasteiger partial charge in [-0.05, 0) is 24.1 Å². The predicted molar refractivity (Wildman–Crippen MR) is 61.2 cm³/mol. The lowest BCUT2D eigenvalue weighted by atomic mass is 10.0. The van der Waals surface area contributed by atoms with Gasteiger partial charge in [0.2, 0.25) is 0 Å². The maximum Gasteiger partial charge on any atom is 0.417 e. The molecule has 1 nitrogen and oxygen atoms in total. The van der Waals surface area contributed by atoms with Crippen molar-refractivity contribution in [2.24, 2.45) is 5.73 Å². The number of rotatable bonds is 3. The van der Waals surface area contributed by atoms with E-state index in [-0.39, 0.29) is 18.8 Å². The molecule has 0 aliphatic heterocycles. The first-order valence-corrected chi connectivity index (χ1v) is 4.92. The predicted octanol–water partition coefficient (Wildman–Crippen LogP) is 4.14. The summed E-state index contributed by atoms with van der Waals surface area (Å²) in [6, 6.07) is 2.57. The molecule has 2 N–H and O–H groups in total. The normalized spacial score (nSPS) is 13.1. The summed E-state index contributed by atoms with van der Waals surface area (Å²) in [6.45, 7) is -0.625. The standard InChI is InChI=1S/C10H10ClF4N.ClH/c11-8-5-6(9(16)3-4-12)1-2-7(8)10(13,14)15;/h1-2,5,9H,3-4,16H2;1H/t9-;/m0./s1. The molecule has 98 valence electrons. The van der Waals surface area contributed by atoms with Gasteiger partial charge in [-0.2, -0.15) is 13.2 Å². The van der Waals surface area contributed by atoms with Gasteiger partial charge in [0.15, 0.2) is 0 Å². The van der Waals surface area contributed by atoms with E-state index in [9.17, 15) is 17.6 Å². The highest BCUT2D eigenvalue weighted by Crippen LogP contribution is 2.35. The van der Waals surface area contributed by atoms with Gasteiger partial charge in [-0.1, -0.05) is 17.7 Å². The van der Waals surface area contributed by atoms with Crippen LogP contribution in [-0.4, -0.2) is 6.67 Å². The second kappa shape index (κ2) is 6.42. The van der Waals surface area contributed by atoms with Crippen molar-refractivity contribution in [3.05, 3.63) is 34.3 Å². The minimum atomic E-state index is -4.49. The van der Waals surface area contributed by atoms with E-state index in [0.717, 1.165) is 12.1 Å². The highest BCUT2D eigenvalue weighted by molar-refractivity contribution is 6.31. The van der Waals surface area contributed by atoms with Gasteiger partial charge in [-0.15, -0.1) is 12.4 Å². The van der Waals surface area contributed by atoms with Crippen molar-refractivity contribution in [2.75, 3.05) is 6.67 Å². The molecule has 0 saturated carbocycles. The van der Waals surface area contributed by atoms with Crippen LogP contribution in [0, 0.1) is 0 Å². The minimum Gasteiger partial charge on any atom is -0.324 e. The smallest absolute Gasteiger partial charge is 0.324 e. The molecule has 1 aromatic rings. The topological polar surface area (TPSA) is 26.0 Å². The minimum absolute atomic E-state index is 0. The first kappa shape index (κ1) is 16.5. The summed E-state index contributed by atoms with van der Waals surface area (Å²) in [7, 11) is 0. The van der Waals surface area contributed by atoms with Crippen LogP contribution in [-0.2, 0) is 6.18 Å². The van der Waals surface area contributed by atoms with E-state index in [1.54, 1.807) is 0 Å². The third-order valence-electron chi connectivity index (χ3n) is 2.15. The fourth-order valence-electron chi connectivity index (χ4n) is 1.28. The van der Waals surface area contributed by atoms with Crippen LogP contribution in [0.4, 0.5) is 17.6 Å². The Labute approximate surface area is 107 Å². The van der Waals surface area contributed by atoms with Crippen LogP contribution >= 0.6 is 24.0 Å². The Balaban J connectivity index is 0.00000256. The van der Waals surface area contributed by atoms with Gasteiger partial charge in [0.1, 0.15) is 0 Å². The molecular weight excluding hydrogens is 281 g/mol. The Bertz CT molecular complexity index is 368. The maximum absolute atomic E-state index is 12.4. The summed E-state index contributed by atoms with van der Waals surface area (Å²) in [5.41, 5.74) is 5.04. The Morgan fingerprint density at radius 3 is 2.29 bits per heavy atom. The fourth-order valence-corrected chi connectivity index (χ4v) is 1.57. The van der Waals surface area contributed by atoms with Crippen LogP contribution < -0.4 is 5.73 Å². The molecule has 0 aliphatic carbocycles. The number of hydrogen-bond acceptors (Lipinski definition) is 1. The third kappa shape index (κ3) is 4.33. The molecule has 1 atom stereocenters. The monoisotopic (exact) mass is 291 g/mol. The number of nitrogens with two attached hydrogens (primary N) is 1. The van der Waals surface area contributed by atoms with Crippen LogP contribution in [0.3, 0.4) is 0 Å². The maximum atomic E-state index is 12.4. The number of benzene rings is 1. The summed E-state index contributed by atoms with van der Waals surface area (Å²) < 4.78 is 49.1. The molecule has 1 aromatic carbocycles. The summed E-state index contributed by atoms with van der Waals surface area (Å²) in [5, 5.41) is -0.417. The van der Waals surface area contributed by atoms with Gasteiger partial charge < -0.3 is 5.73 Å². The second-order valence-electron chi connectivity index (χ2n) is 3.32. The van der Waals surface area contributed by atoms with Crippen molar-refractivity contribution < 1.29 is 17.6 Å². The number of alkyl halides is 4. The Morgan fingerprint density at radius 1 is 1.29 bits per heavy atom. The first-order valence-electron chi connectivity index (χ1n) is 4.54. The van der Waals surface area contributed by atoms with E-state index in [1.165, 1.54) is 6.07 Å². The lowest BCUT2D eigenvalue weighted by Gasteiger charge is -2.13. The molecule has 0 spiro atoms. The quantitative estimate of drug-likeness (QED) is 0.832. The van der Waals surface area contributed by atoms with E-state index >= 15 is 0 Å². The molecular formula is C10H11Cl2F4N. The Morgan fingerprint density at radius 2 is 1.88 bits per heavy atom. The average molecular weight is 292 g/mol. The van der Waals surface area contributed by atoms with Gasteiger partial charge >= 0.3 is 6.18 Å². The fraction of sp³-hybridized carbons (Fsp3) is 0.400. The van der Waals surface area contributed by atoms with Crippen molar-refractivity contribution in [3.63, 3.8) is 0 Å². The number of halogens is 6. The molecule has 0 aromatic heterocycles. The van der Waals surface area contributed by atoms with Crippen LogP contribution in [0.25, 0.3) is 0 Å². The van der Waals surface area contributed by atoms with Crippen molar-refractivity contribution in [1.82, 2.24) is 0 Å². The molecule has 7 heteroatoms. The third-order valence-corrected chi connectivity index (χ3v) is 2.46.